The van der Waals surface area contributed by atoms with Crippen LogP contribution in [0.2, 0.25) is 0 Å². The van der Waals surface area contributed by atoms with Crippen molar-refractivity contribution in [2.24, 2.45) is 0 Å². The molecule has 2 aliphatic rings. The molecule has 9 heteroatoms. The van der Waals surface area contributed by atoms with Crippen LogP contribution in [0.3, 0.4) is 0 Å². The van der Waals surface area contributed by atoms with Crippen molar-refractivity contribution >= 4 is 23.8 Å². The van der Waals surface area contributed by atoms with E-state index < -0.39 is 11.6 Å². The largest absolute Gasteiger partial charge is 0.447 e. The summed E-state index contributed by atoms with van der Waals surface area (Å²) in [5.41, 5.74) is 1.88. The Morgan fingerprint density at radius 3 is 2.53 bits per heavy atom. The van der Waals surface area contributed by atoms with Gasteiger partial charge in [-0.05, 0) is 44.0 Å². The predicted molar refractivity (Wildman–Crippen MR) is 130 cm³/mol. The van der Waals surface area contributed by atoms with E-state index in [1.165, 1.54) is 11.6 Å². The van der Waals surface area contributed by atoms with Gasteiger partial charge in [0.1, 0.15) is 12.4 Å². The summed E-state index contributed by atoms with van der Waals surface area (Å²) in [6.07, 6.45) is 2.63. The molecule has 180 valence electrons. The Kier molecular flexibility index (Phi) is 6.83. The molecule has 2 fully saturated rings. The molecule has 9 nitrogen and oxygen atoms in total. The van der Waals surface area contributed by atoms with Crippen LogP contribution in [0.25, 0.3) is 0 Å². The first kappa shape index (κ1) is 23.7. The molecule has 1 N–H and O–H groups in total. The fourth-order valence-electron chi connectivity index (χ4n) is 4.26. The number of anilines is 2. The van der Waals surface area contributed by atoms with Crippen molar-refractivity contribution in [2.45, 2.75) is 38.9 Å². The Morgan fingerprint density at radius 1 is 1.21 bits per heavy atom. The van der Waals surface area contributed by atoms with Gasteiger partial charge in [-0.3, -0.25) is 14.6 Å². The van der Waals surface area contributed by atoms with E-state index in [-0.39, 0.29) is 11.9 Å². The number of carbonyl (C=O) groups excluding carboxylic acids is 2. The van der Waals surface area contributed by atoms with Gasteiger partial charge in [-0.1, -0.05) is 30.8 Å². The second-order valence-corrected chi connectivity index (χ2v) is 9.35. The molecular formula is C25H32N6O3. The number of cyclic esters (lactones) is 1. The van der Waals surface area contributed by atoms with Crippen LogP contribution in [0.5, 0.6) is 0 Å². The monoisotopic (exact) mass is 464 g/mol. The average molecular weight is 465 g/mol. The zero-order valence-corrected chi connectivity index (χ0v) is 20.0. The summed E-state index contributed by atoms with van der Waals surface area (Å²) >= 11 is 0. The van der Waals surface area contributed by atoms with Crippen molar-refractivity contribution in [1.29, 1.82) is 0 Å². The van der Waals surface area contributed by atoms with E-state index in [1.54, 1.807) is 17.2 Å². The van der Waals surface area contributed by atoms with Gasteiger partial charge < -0.3 is 15.0 Å². The lowest BCUT2D eigenvalue weighted by Gasteiger charge is -2.34. The molecule has 4 rings (SSSR count). The van der Waals surface area contributed by atoms with Gasteiger partial charge in [0.05, 0.1) is 11.6 Å². The highest BCUT2D eigenvalue weighted by atomic mass is 16.6. The number of hydrogen-bond donors (Lipinski definition) is 1. The van der Waals surface area contributed by atoms with Gasteiger partial charge in [-0.15, -0.1) is 0 Å². The molecule has 3 heterocycles. The van der Waals surface area contributed by atoms with E-state index in [4.69, 9.17) is 4.74 Å². The molecule has 1 unspecified atom stereocenters. The molecule has 0 saturated carbocycles. The van der Waals surface area contributed by atoms with Crippen LogP contribution in [-0.2, 0) is 16.1 Å². The third kappa shape index (κ3) is 5.20. The first-order chi connectivity index (χ1) is 16.3. The molecule has 2 saturated heterocycles. The summed E-state index contributed by atoms with van der Waals surface area (Å²) < 4.78 is 5.19. The van der Waals surface area contributed by atoms with E-state index in [9.17, 15) is 9.59 Å². The summed E-state index contributed by atoms with van der Waals surface area (Å²) in [5.74, 6) is 0.975. The highest BCUT2D eigenvalue weighted by molar-refractivity contribution is 5.90. The highest BCUT2D eigenvalue weighted by Crippen LogP contribution is 2.29. The average Bonchev–Trinajstić information content (AvgIpc) is 3.11. The zero-order valence-electron chi connectivity index (χ0n) is 20.0. The summed E-state index contributed by atoms with van der Waals surface area (Å²) in [7, 11) is 0. The summed E-state index contributed by atoms with van der Waals surface area (Å²) in [5, 5.41) is 3.33. The maximum atomic E-state index is 12.2. The van der Waals surface area contributed by atoms with Gasteiger partial charge in [0.15, 0.2) is 0 Å². The number of piperazine rings is 1. The molecule has 0 spiro atoms. The van der Waals surface area contributed by atoms with Gasteiger partial charge in [0.25, 0.3) is 0 Å². The van der Waals surface area contributed by atoms with Crippen molar-refractivity contribution < 1.29 is 14.3 Å². The van der Waals surface area contributed by atoms with Crippen LogP contribution in [-0.4, -0.2) is 70.1 Å². The van der Waals surface area contributed by atoms with E-state index >= 15 is 0 Å². The van der Waals surface area contributed by atoms with Crippen molar-refractivity contribution in [3.8, 4) is 0 Å². The minimum Gasteiger partial charge on any atom is -0.447 e. The standard InChI is InChI=1S/C25H32N6O3/c1-5-22(32)30-14-12-29(13-15-30)16-19-6-8-20(9-7-19)18(2)27-23-26-11-10-21(28-23)31-24(33)34-17-25(31,3)4/h5-11,18H,1,12-17H2,2-4H3,(H,26,27,28). The summed E-state index contributed by atoms with van der Waals surface area (Å²) in [6, 6.07) is 10.2. The fraction of sp³-hybridized carbons (Fsp3) is 0.440. The molecule has 0 bridgehead atoms. The second kappa shape index (κ2) is 9.80. The van der Waals surface area contributed by atoms with Crippen molar-refractivity contribution in [1.82, 2.24) is 19.8 Å². The number of ether oxygens (including phenoxy) is 1. The summed E-state index contributed by atoms with van der Waals surface area (Å²) in [6.45, 7) is 13.8. The molecule has 2 aliphatic heterocycles. The van der Waals surface area contributed by atoms with E-state index in [0.717, 1.165) is 38.3 Å². The van der Waals surface area contributed by atoms with Crippen LogP contribution in [0.4, 0.5) is 16.6 Å². The first-order valence-electron chi connectivity index (χ1n) is 11.6. The third-order valence-corrected chi connectivity index (χ3v) is 6.30. The number of amides is 2. The highest BCUT2D eigenvalue weighted by Gasteiger charge is 2.41. The Hall–Kier alpha value is -3.46. The lowest BCUT2D eigenvalue weighted by Crippen LogP contribution is -2.47. The van der Waals surface area contributed by atoms with Crippen molar-refractivity contribution in [3.63, 3.8) is 0 Å². The maximum absolute atomic E-state index is 12.2. The number of hydrogen-bond acceptors (Lipinski definition) is 7. The van der Waals surface area contributed by atoms with E-state index in [1.807, 2.05) is 18.7 Å². The molecule has 1 aromatic carbocycles. The molecule has 0 radical (unpaired) electrons. The second-order valence-electron chi connectivity index (χ2n) is 9.35. The lowest BCUT2D eigenvalue weighted by molar-refractivity contribution is -0.127. The van der Waals surface area contributed by atoms with Gasteiger partial charge in [0, 0.05) is 38.9 Å². The van der Waals surface area contributed by atoms with E-state index in [0.29, 0.717) is 18.4 Å². The smallest absolute Gasteiger partial charge is 0.416 e. The molecule has 2 amide bonds. The first-order valence-corrected chi connectivity index (χ1v) is 11.6. The van der Waals surface area contributed by atoms with Crippen molar-refractivity contribution in [3.05, 3.63) is 60.3 Å². The van der Waals surface area contributed by atoms with Crippen LogP contribution in [0, 0.1) is 0 Å². The number of carbonyl (C=O) groups is 2. The SMILES string of the molecule is C=CC(=O)N1CCN(Cc2ccc(C(C)Nc3nccc(N4C(=O)OCC4(C)C)n3)cc2)CC1. The Bertz CT molecular complexity index is 1050. The van der Waals surface area contributed by atoms with Gasteiger partial charge >= 0.3 is 6.09 Å². The molecule has 1 atom stereocenters. The number of nitrogens with zero attached hydrogens (tertiary/aromatic N) is 5. The maximum Gasteiger partial charge on any atom is 0.416 e. The topological polar surface area (TPSA) is 90.9 Å². The van der Waals surface area contributed by atoms with Crippen LogP contribution >= 0.6 is 0 Å². The Morgan fingerprint density at radius 2 is 1.91 bits per heavy atom. The Balaban J connectivity index is 1.35. The molecule has 34 heavy (non-hydrogen) atoms. The number of aromatic nitrogens is 2. The van der Waals surface area contributed by atoms with Crippen LogP contribution < -0.4 is 10.2 Å². The van der Waals surface area contributed by atoms with Gasteiger partial charge in [0.2, 0.25) is 11.9 Å². The summed E-state index contributed by atoms with van der Waals surface area (Å²) in [4.78, 5) is 38.6. The van der Waals surface area contributed by atoms with E-state index in [2.05, 4.69) is 58.0 Å². The third-order valence-electron chi connectivity index (χ3n) is 6.30. The quantitative estimate of drug-likeness (QED) is 0.629. The lowest BCUT2D eigenvalue weighted by atomic mass is 10.1. The minimum atomic E-state index is -0.460. The number of benzene rings is 1. The van der Waals surface area contributed by atoms with Crippen LogP contribution in [0.1, 0.15) is 37.9 Å². The minimum absolute atomic E-state index is 0.00378. The fourth-order valence-corrected chi connectivity index (χ4v) is 4.26. The van der Waals surface area contributed by atoms with Gasteiger partial charge in [-0.25, -0.2) is 9.78 Å². The Labute approximate surface area is 200 Å². The molecule has 2 aromatic rings. The normalized spacial score (nSPS) is 19.0. The zero-order chi connectivity index (χ0) is 24.3. The molecule has 0 aliphatic carbocycles. The van der Waals surface area contributed by atoms with Crippen LogP contribution in [0.15, 0.2) is 49.2 Å². The van der Waals surface area contributed by atoms with Gasteiger partial charge in [-0.2, -0.15) is 4.98 Å². The van der Waals surface area contributed by atoms with Crippen molar-refractivity contribution in [2.75, 3.05) is 43.0 Å². The number of nitrogens with one attached hydrogen (secondary N) is 1. The number of rotatable bonds is 7. The molecule has 1 aromatic heterocycles. The predicted octanol–water partition coefficient (Wildman–Crippen LogP) is 3.22. The molecular weight excluding hydrogens is 432 g/mol.